The topological polar surface area (TPSA) is 87.7 Å². The number of carboxylic acid groups (broad SMARTS) is 1. The number of halogens is 1. The number of rotatable bonds is 14. The van der Waals surface area contributed by atoms with Crippen molar-refractivity contribution in [1.29, 1.82) is 0 Å². The number of hydrogen-bond acceptors (Lipinski definition) is 6. The monoisotopic (exact) mass is 594 g/mol. The third-order valence-electron chi connectivity index (χ3n) is 6.96. The Morgan fingerprint density at radius 3 is 2.28 bits per heavy atom. The Morgan fingerprint density at radius 2 is 1.56 bits per heavy atom. The first-order valence-corrected chi connectivity index (χ1v) is 14.8. The molecular formula is C35H31FN2O4S. The summed E-state index contributed by atoms with van der Waals surface area (Å²) in [6.45, 7) is 0.853. The first-order valence-electron chi connectivity index (χ1n) is 13.9. The predicted molar refractivity (Wildman–Crippen MR) is 168 cm³/mol. The van der Waals surface area contributed by atoms with Gasteiger partial charge in [0.25, 0.3) is 0 Å². The van der Waals surface area contributed by atoms with Crippen LogP contribution in [0.1, 0.15) is 38.0 Å². The van der Waals surface area contributed by atoms with Gasteiger partial charge in [0.05, 0.1) is 6.04 Å². The Balaban J connectivity index is 1.18. The van der Waals surface area contributed by atoms with Crippen LogP contribution >= 0.6 is 11.3 Å². The number of anilines is 1. The summed E-state index contributed by atoms with van der Waals surface area (Å²) in [5.41, 5.74) is 2.79. The second kappa shape index (κ2) is 14.4. The third kappa shape index (κ3) is 7.74. The Bertz CT molecular complexity index is 1640. The van der Waals surface area contributed by atoms with Crippen molar-refractivity contribution in [2.75, 3.05) is 18.5 Å². The van der Waals surface area contributed by atoms with Crippen LogP contribution in [-0.2, 0) is 11.2 Å². The van der Waals surface area contributed by atoms with Crippen LogP contribution in [0.2, 0.25) is 0 Å². The molecule has 1 unspecified atom stereocenters. The van der Waals surface area contributed by atoms with E-state index in [4.69, 9.17) is 4.74 Å². The highest BCUT2D eigenvalue weighted by Gasteiger charge is 2.22. The zero-order valence-corrected chi connectivity index (χ0v) is 24.1. The molecule has 0 radical (unpaired) electrons. The fourth-order valence-electron chi connectivity index (χ4n) is 4.80. The number of carbonyl (C=O) groups is 2. The lowest BCUT2D eigenvalue weighted by molar-refractivity contribution is -0.137. The fourth-order valence-corrected chi connectivity index (χ4v) is 5.62. The summed E-state index contributed by atoms with van der Waals surface area (Å²) in [6, 6.07) is 32.5. The van der Waals surface area contributed by atoms with Crippen molar-refractivity contribution in [1.82, 2.24) is 5.32 Å². The molecule has 0 amide bonds. The maximum absolute atomic E-state index is 14.5. The van der Waals surface area contributed by atoms with E-state index in [-0.39, 0.29) is 24.1 Å². The first kappa shape index (κ1) is 29.7. The number of aliphatic carboxylic acids is 1. The lowest BCUT2D eigenvalue weighted by Crippen LogP contribution is -2.32. The molecule has 0 saturated carbocycles. The van der Waals surface area contributed by atoms with E-state index in [0.29, 0.717) is 41.3 Å². The van der Waals surface area contributed by atoms with Crippen molar-refractivity contribution >= 4 is 28.8 Å². The van der Waals surface area contributed by atoms with Gasteiger partial charge < -0.3 is 20.5 Å². The lowest BCUT2D eigenvalue weighted by atomic mass is 10.00. The van der Waals surface area contributed by atoms with Gasteiger partial charge in [-0.05, 0) is 47.3 Å². The molecule has 0 aliphatic heterocycles. The van der Waals surface area contributed by atoms with Crippen molar-refractivity contribution < 1.29 is 23.8 Å². The minimum atomic E-state index is -1.02. The van der Waals surface area contributed by atoms with Crippen LogP contribution < -0.4 is 15.4 Å². The Kier molecular flexibility index (Phi) is 9.94. The first-order chi connectivity index (χ1) is 21.0. The van der Waals surface area contributed by atoms with Gasteiger partial charge in [-0.2, -0.15) is 0 Å². The second-order valence-corrected chi connectivity index (χ2v) is 10.9. The van der Waals surface area contributed by atoms with Gasteiger partial charge >= 0.3 is 5.97 Å². The Hall–Kier alpha value is -4.79. The van der Waals surface area contributed by atoms with Crippen LogP contribution in [-0.4, -0.2) is 36.1 Å². The molecule has 3 N–H and O–H groups in total. The van der Waals surface area contributed by atoms with Crippen LogP contribution in [0.3, 0.4) is 0 Å². The number of thiophene rings is 1. The van der Waals surface area contributed by atoms with E-state index in [1.54, 1.807) is 84.1 Å². The molecule has 0 spiro atoms. The molecule has 8 heteroatoms. The second-order valence-electron chi connectivity index (χ2n) is 9.90. The van der Waals surface area contributed by atoms with Gasteiger partial charge in [-0.1, -0.05) is 78.9 Å². The highest BCUT2D eigenvalue weighted by molar-refractivity contribution is 7.10. The van der Waals surface area contributed by atoms with Crippen molar-refractivity contribution in [3.05, 3.63) is 154 Å². The molecule has 0 bridgehead atoms. The van der Waals surface area contributed by atoms with Gasteiger partial charge in [0.15, 0.2) is 5.78 Å². The van der Waals surface area contributed by atoms with E-state index in [2.05, 4.69) is 10.6 Å². The quantitative estimate of drug-likeness (QED) is 0.0950. The van der Waals surface area contributed by atoms with Crippen LogP contribution in [0, 0.1) is 5.82 Å². The average molecular weight is 595 g/mol. The molecule has 218 valence electrons. The molecule has 0 saturated heterocycles. The molecule has 0 aliphatic rings. The summed E-state index contributed by atoms with van der Waals surface area (Å²) < 4.78 is 20.4. The van der Waals surface area contributed by atoms with Gasteiger partial charge in [0.2, 0.25) is 0 Å². The van der Waals surface area contributed by atoms with Crippen LogP contribution in [0.15, 0.2) is 121 Å². The molecule has 4 aromatic carbocycles. The summed E-state index contributed by atoms with van der Waals surface area (Å²) in [6.07, 6.45) is 0.205. The molecular weight excluding hydrogens is 563 g/mol. The lowest BCUT2D eigenvalue weighted by Gasteiger charge is -2.19. The van der Waals surface area contributed by atoms with Crippen molar-refractivity contribution in [2.24, 2.45) is 0 Å². The maximum Gasteiger partial charge on any atom is 0.326 e. The van der Waals surface area contributed by atoms with Crippen molar-refractivity contribution in [2.45, 2.75) is 18.5 Å². The fraction of sp³-hybridized carbons (Fsp3) is 0.143. The zero-order chi connectivity index (χ0) is 30.0. The largest absolute Gasteiger partial charge is 0.492 e. The SMILES string of the molecule is O=C(c1ccccc1)c1ccccc1N[C@@H](Cc1ccc(OCCNC(c2cccs2)c2ccccc2F)cc1)C(=O)O. The van der Waals surface area contributed by atoms with Crippen molar-refractivity contribution in [3.63, 3.8) is 0 Å². The molecule has 1 aromatic heterocycles. The van der Waals surface area contributed by atoms with E-state index in [0.717, 1.165) is 10.4 Å². The van der Waals surface area contributed by atoms with Crippen LogP contribution in [0.5, 0.6) is 5.75 Å². The van der Waals surface area contributed by atoms with E-state index >= 15 is 0 Å². The van der Waals surface area contributed by atoms with Gasteiger partial charge in [-0.25, -0.2) is 9.18 Å². The van der Waals surface area contributed by atoms with Crippen molar-refractivity contribution in [3.8, 4) is 5.75 Å². The molecule has 0 fully saturated rings. The standard InChI is InChI=1S/C35H31FN2O4S/c36-29-13-6-4-11-27(29)33(32-15-8-22-43-32)37-20-21-42-26-18-16-24(17-19-26)23-31(35(40)41)38-30-14-7-5-12-28(30)34(39)25-9-2-1-3-10-25/h1-19,22,31,33,37-38H,20-21,23H2,(H,40,41)/t31-,33?/m0/s1. The summed E-state index contributed by atoms with van der Waals surface area (Å²) in [7, 11) is 0. The van der Waals surface area contributed by atoms with E-state index in [1.807, 2.05) is 41.8 Å². The molecule has 6 nitrogen and oxygen atoms in total. The normalized spacial score (nSPS) is 12.3. The van der Waals surface area contributed by atoms with Gasteiger partial charge in [-0.15, -0.1) is 11.3 Å². The van der Waals surface area contributed by atoms with E-state index < -0.39 is 12.0 Å². The highest BCUT2D eigenvalue weighted by atomic mass is 32.1. The molecule has 1 heterocycles. The third-order valence-corrected chi connectivity index (χ3v) is 7.90. The molecule has 0 aliphatic carbocycles. The highest BCUT2D eigenvalue weighted by Crippen LogP contribution is 2.28. The summed E-state index contributed by atoms with van der Waals surface area (Å²) in [5.74, 6) is -0.823. The van der Waals surface area contributed by atoms with Gasteiger partial charge in [0, 0.05) is 40.2 Å². The Morgan fingerprint density at radius 1 is 0.837 bits per heavy atom. The smallest absolute Gasteiger partial charge is 0.326 e. The number of ether oxygens (including phenoxy) is 1. The van der Waals surface area contributed by atoms with Crippen LogP contribution in [0.4, 0.5) is 10.1 Å². The minimum Gasteiger partial charge on any atom is -0.492 e. The number of ketones is 1. The number of benzene rings is 4. The van der Waals surface area contributed by atoms with E-state index in [9.17, 15) is 19.1 Å². The minimum absolute atomic E-state index is 0.181. The average Bonchev–Trinajstić information content (AvgIpc) is 3.57. The summed E-state index contributed by atoms with van der Waals surface area (Å²) in [5, 5.41) is 18.4. The maximum atomic E-state index is 14.5. The zero-order valence-electron chi connectivity index (χ0n) is 23.3. The number of carboxylic acids is 1. The molecule has 5 aromatic rings. The number of nitrogens with one attached hydrogen (secondary N) is 2. The van der Waals surface area contributed by atoms with Crippen LogP contribution in [0.25, 0.3) is 0 Å². The number of hydrogen-bond donors (Lipinski definition) is 3. The number of para-hydroxylation sites is 1. The predicted octanol–water partition coefficient (Wildman–Crippen LogP) is 6.98. The van der Waals surface area contributed by atoms with Gasteiger partial charge in [-0.3, -0.25) is 4.79 Å². The molecule has 43 heavy (non-hydrogen) atoms. The summed E-state index contributed by atoms with van der Waals surface area (Å²) >= 11 is 1.57. The summed E-state index contributed by atoms with van der Waals surface area (Å²) in [4.78, 5) is 26.3. The Labute approximate surface area is 253 Å². The molecule has 2 atom stereocenters. The number of carbonyl (C=O) groups excluding carboxylic acids is 1. The molecule has 5 rings (SSSR count). The van der Waals surface area contributed by atoms with E-state index in [1.165, 1.54) is 6.07 Å². The van der Waals surface area contributed by atoms with Gasteiger partial charge in [0.1, 0.15) is 24.2 Å².